The molecule has 0 amide bonds. The van der Waals surface area contributed by atoms with Gasteiger partial charge in [-0.05, 0) is 63.0 Å². The Balaban J connectivity index is 0. The van der Waals surface area contributed by atoms with Gasteiger partial charge in [-0.25, -0.2) is 0 Å². The van der Waals surface area contributed by atoms with E-state index in [0.29, 0.717) is 18.0 Å². The highest BCUT2D eigenvalue weighted by atomic mass is 15.2. The van der Waals surface area contributed by atoms with Crippen molar-refractivity contribution in [1.82, 2.24) is 25.8 Å². The Bertz CT molecular complexity index is 861. The zero-order valence-electron chi connectivity index (χ0n) is 30.7. The summed E-state index contributed by atoms with van der Waals surface area (Å²) < 4.78 is 0. The van der Waals surface area contributed by atoms with Crippen LogP contribution in [-0.4, -0.2) is 67.9 Å². The lowest BCUT2D eigenvalue weighted by atomic mass is 9.87. The minimum Gasteiger partial charge on any atom is -0.381 e. The second-order valence-corrected chi connectivity index (χ2v) is 14.2. The van der Waals surface area contributed by atoms with Crippen LogP contribution < -0.4 is 16.0 Å². The lowest BCUT2D eigenvalue weighted by molar-refractivity contribution is 0.314. The molecule has 6 nitrogen and oxygen atoms in total. The van der Waals surface area contributed by atoms with Crippen molar-refractivity contribution in [2.75, 3.05) is 27.7 Å². The Labute approximate surface area is 268 Å². The van der Waals surface area contributed by atoms with Crippen molar-refractivity contribution in [3.63, 3.8) is 0 Å². The van der Waals surface area contributed by atoms with Gasteiger partial charge in [0, 0.05) is 56.4 Å². The second kappa shape index (κ2) is 21.3. The molecule has 250 valence electrons. The van der Waals surface area contributed by atoms with E-state index >= 15 is 0 Å². The van der Waals surface area contributed by atoms with Gasteiger partial charge in [0.1, 0.15) is 0 Å². The fourth-order valence-electron chi connectivity index (χ4n) is 4.49. The topological polar surface area (TPSA) is 66.4 Å². The van der Waals surface area contributed by atoms with Gasteiger partial charge in [0.25, 0.3) is 0 Å². The van der Waals surface area contributed by atoms with Crippen LogP contribution in [0.3, 0.4) is 0 Å². The zero-order valence-corrected chi connectivity index (χ0v) is 30.7. The first-order valence-corrected chi connectivity index (χ1v) is 16.2. The highest BCUT2D eigenvalue weighted by Gasteiger charge is 2.29. The largest absolute Gasteiger partial charge is 0.381 e. The molecule has 1 heterocycles. The molecule has 4 N–H and O–H groups in total. The number of hydrogen-bond donors (Lipinski definition) is 4. The van der Waals surface area contributed by atoms with Gasteiger partial charge in [-0.3, -0.25) is 4.90 Å². The smallest absolute Gasteiger partial charge is 0.0914 e. The summed E-state index contributed by atoms with van der Waals surface area (Å²) in [4.78, 5) is 4.55. The van der Waals surface area contributed by atoms with E-state index in [4.69, 9.17) is 5.41 Å². The van der Waals surface area contributed by atoms with Crippen molar-refractivity contribution in [2.24, 2.45) is 23.2 Å². The molecule has 1 aliphatic carbocycles. The molecule has 0 radical (unpaired) electrons. The van der Waals surface area contributed by atoms with E-state index < -0.39 is 0 Å². The predicted molar refractivity (Wildman–Crippen MR) is 195 cm³/mol. The number of nitrogens with zero attached hydrogens (tertiary/aromatic N) is 2. The Hall–Kier alpha value is -2.47. The van der Waals surface area contributed by atoms with E-state index in [1.165, 1.54) is 31.2 Å². The molecule has 1 aliphatic heterocycles. The van der Waals surface area contributed by atoms with Crippen LogP contribution in [0.5, 0.6) is 0 Å². The molecule has 4 unspecified atom stereocenters. The van der Waals surface area contributed by atoms with Crippen LogP contribution in [0.4, 0.5) is 0 Å². The van der Waals surface area contributed by atoms with Crippen LogP contribution >= 0.6 is 0 Å². The molecule has 1 saturated carbocycles. The van der Waals surface area contributed by atoms with Crippen molar-refractivity contribution in [2.45, 2.75) is 119 Å². The van der Waals surface area contributed by atoms with E-state index in [1.54, 1.807) is 0 Å². The summed E-state index contributed by atoms with van der Waals surface area (Å²) >= 11 is 0. The molecule has 2 fully saturated rings. The van der Waals surface area contributed by atoms with Gasteiger partial charge in [0.05, 0.1) is 11.9 Å². The van der Waals surface area contributed by atoms with E-state index in [1.807, 2.05) is 20.0 Å². The van der Waals surface area contributed by atoms with Gasteiger partial charge in [-0.15, -0.1) is 6.58 Å². The van der Waals surface area contributed by atoms with Crippen molar-refractivity contribution in [3.8, 4) is 0 Å². The third-order valence-corrected chi connectivity index (χ3v) is 8.39. The van der Waals surface area contributed by atoms with E-state index in [2.05, 4.69) is 135 Å². The van der Waals surface area contributed by atoms with Crippen LogP contribution in [0.2, 0.25) is 0 Å². The molecular weight excluding hydrogens is 528 g/mol. The number of likely N-dealkylation sites (tertiary alicyclic amines) is 1. The minimum atomic E-state index is 0.0920. The molecule has 0 spiro atoms. The van der Waals surface area contributed by atoms with Crippen LogP contribution in [0, 0.1) is 28.6 Å². The maximum Gasteiger partial charge on any atom is 0.0914 e. The molecule has 1 saturated heterocycles. The van der Waals surface area contributed by atoms with Gasteiger partial charge >= 0.3 is 0 Å². The van der Waals surface area contributed by atoms with Gasteiger partial charge in [-0.1, -0.05) is 100 Å². The molecule has 0 aromatic carbocycles. The monoisotopic (exact) mass is 601 g/mol. The first-order chi connectivity index (χ1) is 19.7. The Kier molecular flexibility index (Phi) is 21.1. The van der Waals surface area contributed by atoms with Crippen LogP contribution in [0.25, 0.3) is 0 Å². The molecule has 43 heavy (non-hydrogen) atoms. The Morgan fingerprint density at radius 1 is 0.977 bits per heavy atom. The van der Waals surface area contributed by atoms with Crippen LogP contribution in [-0.2, 0) is 0 Å². The SMILES string of the molecule is C=C(C(C)C)N(C)C(C)C.C=C(C=N)C(C)NC(=C)C1CC(C)CN1C.C=CC(NC(=C)NC)C(C)(C)C.CC1CCC1. The van der Waals surface area contributed by atoms with E-state index in [-0.39, 0.29) is 17.5 Å². The summed E-state index contributed by atoms with van der Waals surface area (Å²) in [6.07, 6.45) is 8.82. The number of rotatable bonds is 12. The molecule has 0 aromatic heterocycles. The highest BCUT2D eigenvalue weighted by molar-refractivity contribution is 5.76. The maximum atomic E-state index is 7.16. The Morgan fingerprint density at radius 2 is 1.49 bits per heavy atom. The third-order valence-electron chi connectivity index (χ3n) is 8.39. The average Bonchev–Trinajstić information content (AvgIpc) is 3.26. The first-order valence-electron chi connectivity index (χ1n) is 16.2. The fraction of sp³-hybridized carbons (Fsp3) is 0.703. The fourth-order valence-corrected chi connectivity index (χ4v) is 4.49. The van der Waals surface area contributed by atoms with Gasteiger partial charge < -0.3 is 26.3 Å². The van der Waals surface area contributed by atoms with Gasteiger partial charge in [0.2, 0.25) is 0 Å². The van der Waals surface area contributed by atoms with Crippen molar-refractivity contribution in [3.05, 3.63) is 61.8 Å². The summed E-state index contributed by atoms with van der Waals surface area (Å²) in [6, 6.07) is 1.32. The average molecular weight is 601 g/mol. The van der Waals surface area contributed by atoms with Crippen molar-refractivity contribution in [1.29, 1.82) is 5.41 Å². The van der Waals surface area contributed by atoms with Crippen LogP contribution in [0.1, 0.15) is 94.9 Å². The second-order valence-electron chi connectivity index (χ2n) is 14.2. The molecular formula is C37H72N6. The highest BCUT2D eigenvalue weighted by Crippen LogP contribution is 2.25. The zero-order chi connectivity index (χ0) is 34.1. The molecule has 6 heteroatoms. The lowest BCUT2D eigenvalue weighted by Gasteiger charge is -2.30. The summed E-state index contributed by atoms with van der Waals surface area (Å²) in [6.45, 7) is 42.4. The first kappa shape index (κ1) is 42.7. The summed E-state index contributed by atoms with van der Waals surface area (Å²) in [5, 5.41) is 16.7. The quantitative estimate of drug-likeness (QED) is 0.134. The standard InChI is InChI=1S/C13H23N3.C10H20N2.C9H19N.C5H10/c1-9-6-13(16(5)8-9)12(4)15-11(3)10(2)7-14;1-7-9(10(3,4)5)12-8(2)11-6;1-7(2)9(5)10(6)8(3)4;1-5-3-2-4-5/h7,9,11,13-15H,2,4,6,8H2,1,3,5H3;7,9,11-12H,1-2H2,3-6H3;7-8H,5H2,1-4,6H3;5H,2-4H2,1H3. The van der Waals surface area contributed by atoms with E-state index in [0.717, 1.165) is 41.9 Å². The summed E-state index contributed by atoms with van der Waals surface area (Å²) in [5.41, 5.74) is 3.22. The maximum absolute atomic E-state index is 7.16. The Morgan fingerprint density at radius 3 is 1.74 bits per heavy atom. The van der Waals surface area contributed by atoms with Gasteiger partial charge in [0.15, 0.2) is 0 Å². The summed E-state index contributed by atoms with van der Waals surface area (Å²) in [5.74, 6) is 3.19. The molecule has 0 aromatic rings. The predicted octanol–water partition coefficient (Wildman–Crippen LogP) is 8.19. The number of allylic oxidation sites excluding steroid dienone is 1. The number of hydrogen-bond acceptors (Lipinski definition) is 6. The number of likely N-dealkylation sites (N-methyl/N-ethyl adjacent to an activating group) is 1. The van der Waals surface area contributed by atoms with Crippen molar-refractivity contribution >= 4 is 6.21 Å². The summed E-state index contributed by atoms with van der Waals surface area (Å²) in [7, 11) is 6.07. The van der Waals surface area contributed by atoms with Crippen LogP contribution in [0.15, 0.2) is 61.8 Å². The molecule has 2 aliphatic rings. The normalized spacial score (nSPS) is 19.4. The molecule has 0 bridgehead atoms. The number of nitrogens with one attached hydrogen (secondary N) is 4. The van der Waals surface area contributed by atoms with Crippen molar-refractivity contribution < 1.29 is 0 Å². The third kappa shape index (κ3) is 18.1. The van der Waals surface area contributed by atoms with Gasteiger partial charge in [-0.2, -0.15) is 0 Å². The van der Waals surface area contributed by atoms with E-state index in [9.17, 15) is 0 Å². The molecule has 2 rings (SSSR count). The minimum absolute atomic E-state index is 0.0920. The lowest BCUT2D eigenvalue weighted by Crippen LogP contribution is -2.40. The molecule has 4 atom stereocenters.